The first-order valence-corrected chi connectivity index (χ1v) is 11.2. The molecule has 0 fully saturated rings. The van der Waals surface area contributed by atoms with Gasteiger partial charge in [-0.1, -0.05) is 60.7 Å². The third-order valence-electron chi connectivity index (χ3n) is 4.87. The first kappa shape index (κ1) is 24.7. The summed E-state index contributed by atoms with van der Waals surface area (Å²) in [5.41, 5.74) is 1.77. The third kappa shape index (κ3) is 8.18. The van der Waals surface area contributed by atoms with Crippen LogP contribution in [0.4, 0.5) is 11.6 Å². The Morgan fingerprint density at radius 2 is 1.38 bits per heavy atom. The van der Waals surface area contributed by atoms with Gasteiger partial charge in [-0.15, -0.1) is 0 Å². The number of benzene rings is 2. The zero-order valence-electron chi connectivity index (χ0n) is 19.1. The summed E-state index contributed by atoms with van der Waals surface area (Å²) in [7, 11) is 0. The molecule has 2 amide bonds. The SMILES string of the molecule is CC(=O)NCCNc1cc(NCCNC(=O)C(O)Cc2ccccc2)nc(-c2ccccc2)n1. The van der Waals surface area contributed by atoms with Gasteiger partial charge in [-0.2, -0.15) is 0 Å². The van der Waals surface area contributed by atoms with Gasteiger partial charge in [0.1, 0.15) is 17.7 Å². The maximum Gasteiger partial charge on any atom is 0.249 e. The Hall–Kier alpha value is -3.98. The smallest absolute Gasteiger partial charge is 0.249 e. The van der Waals surface area contributed by atoms with Crippen LogP contribution in [0.3, 0.4) is 0 Å². The molecule has 3 rings (SSSR count). The van der Waals surface area contributed by atoms with Gasteiger partial charge in [0.05, 0.1) is 0 Å². The molecule has 0 bridgehead atoms. The molecule has 3 aromatic rings. The van der Waals surface area contributed by atoms with E-state index in [-0.39, 0.29) is 12.3 Å². The van der Waals surface area contributed by atoms with Crippen LogP contribution in [0.15, 0.2) is 66.7 Å². The van der Waals surface area contributed by atoms with E-state index in [9.17, 15) is 14.7 Å². The molecule has 0 saturated heterocycles. The molecule has 9 heteroatoms. The molecule has 5 N–H and O–H groups in total. The highest BCUT2D eigenvalue weighted by molar-refractivity contribution is 5.80. The van der Waals surface area contributed by atoms with Crippen LogP contribution >= 0.6 is 0 Å². The first-order valence-electron chi connectivity index (χ1n) is 11.2. The molecule has 0 spiro atoms. The van der Waals surface area contributed by atoms with Crippen molar-refractivity contribution in [1.29, 1.82) is 0 Å². The van der Waals surface area contributed by atoms with Crippen molar-refractivity contribution in [3.8, 4) is 11.4 Å². The van der Waals surface area contributed by atoms with Crippen LogP contribution in [0.5, 0.6) is 0 Å². The standard InChI is InChI=1S/C25H30N6O3/c1-18(32)26-12-13-27-22-17-23(31-24(30-22)20-10-6-3-7-11-20)28-14-15-29-25(34)21(33)16-19-8-4-2-5-9-19/h2-11,17,21,33H,12-16H2,1H3,(H,26,32)(H,29,34)(H2,27,28,30,31). The number of anilines is 2. The normalized spacial score (nSPS) is 11.4. The maximum atomic E-state index is 12.2. The molecule has 0 saturated carbocycles. The van der Waals surface area contributed by atoms with Gasteiger partial charge in [0.2, 0.25) is 11.8 Å². The van der Waals surface area contributed by atoms with Crippen LogP contribution in [-0.4, -0.2) is 59.2 Å². The van der Waals surface area contributed by atoms with Crippen molar-refractivity contribution in [2.75, 3.05) is 36.8 Å². The monoisotopic (exact) mass is 462 g/mol. The van der Waals surface area contributed by atoms with E-state index in [1.807, 2.05) is 60.7 Å². The lowest BCUT2D eigenvalue weighted by molar-refractivity contribution is -0.129. The van der Waals surface area contributed by atoms with Crippen molar-refractivity contribution in [3.05, 3.63) is 72.3 Å². The predicted molar refractivity (Wildman–Crippen MR) is 132 cm³/mol. The second-order valence-corrected chi connectivity index (χ2v) is 7.66. The Labute approximate surface area is 199 Å². The Morgan fingerprint density at radius 1 is 0.824 bits per heavy atom. The van der Waals surface area contributed by atoms with E-state index in [2.05, 4.69) is 31.2 Å². The predicted octanol–water partition coefficient (Wildman–Crippen LogP) is 1.82. The largest absolute Gasteiger partial charge is 0.383 e. The van der Waals surface area contributed by atoms with Crippen molar-refractivity contribution in [2.24, 2.45) is 0 Å². The first-order chi connectivity index (χ1) is 16.5. The highest BCUT2D eigenvalue weighted by atomic mass is 16.3. The Balaban J connectivity index is 1.55. The third-order valence-corrected chi connectivity index (χ3v) is 4.87. The molecular formula is C25H30N6O3. The number of aliphatic hydroxyl groups excluding tert-OH is 1. The minimum atomic E-state index is -1.11. The number of nitrogens with one attached hydrogen (secondary N) is 4. The lowest BCUT2D eigenvalue weighted by atomic mass is 10.1. The highest BCUT2D eigenvalue weighted by Gasteiger charge is 2.15. The molecule has 0 aliphatic carbocycles. The summed E-state index contributed by atoms with van der Waals surface area (Å²) >= 11 is 0. The second kappa shape index (κ2) is 12.9. The molecule has 0 radical (unpaired) electrons. The number of amides is 2. The molecule has 34 heavy (non-hydrogen) atoms. The number of carbonyl (C=O) groups excluding carboxylic acids is 2. The average Bonchev–Trinajstić information content (AvgIpc) is 2.85. The average molecular weight is 463 g/mol. The minimum Gasteiger partial charge on any atom is -0.383 e. The molecule has 9 nitrogen and oxygen atoms in total. The Bertz CT molecular complexity index is 1060. The van der Waals surface area contributed by atoms with Crippen LogP contribution < -0.4 is 21.3 Å². The fourth-order valence-electron chi connectivity index (χ4n) is 3.20. The van der Waals surface area contributed by atoms with Crippen molar-refractivity contribution >= 4 is 23.5 Å². The van der Waals surface area contributed by atoms with E-state index in [1.54, 1.807) is 6.07 Å². The quantitative estimate of drug-likeness (QED) is 0.260. The van der Waals surface area contributed by atoms with E-state index in [0.29, 0.717) is 43.6 Å². The maximum absolute atomic E-state index is 12.2. The Kier molecular flexibility index (Phi) is 9.36. The minimum absolute atomic E-state index is 0.0900. The van der Waals surface area contributed by atoms with E-state index in [4.69, 9.17) is 0 Å². The van der Waals surface area contributed by atoms with Crippen molar-refractivity contribution in [3.63, 3.8) is 0 Å². The number of carbonyl (C=O) groups is 2. The second-order valence-electron chi connectivity index (χ2n) is 7.66. The summed E-state index contributed by atoms with van der Waals surface area (Å²) in [4.78, 5) is 32.4. The highest BCUT2D eigenvalue weighted by Crippen LogP contribution is 2.20. The molecule has 178 valence electrons. The van der Waals surface area contributed by atoms with Crippen molar-refractivity contribution in [1.82, 2.24) is 20.6 Å². The summed E-state index contributed by atoms with van der Waals surface area (Å²) < 4.78 is 0. The molecule has 1 unspecified atom stereocenters. The molecule has 2 aromatic carbocycles. The van der Waals surface area contributed by atoms with Gasteiger partial charge in [0, 0.05) is 51.2 Å². The van der Waals surface area contributed by atoms with Gasteiger partial charge in [-0.3, -0.25) is 9.59 Å². The van der Waals surface area contributed by atoms with Gasteiger partial charge in [-0.25, -0.2) is 9.97 Å². The number of aromatic nitrogens is 2. The molecule has 0 aliphatic heterocycles. The molecule has 1 heterocycles. The van der Waals surface area contributed by atoms with E-state index < -0.39 is 12.0 Å². The molecule has 1 atom stereocenters. The molecule has 1 aromatic heterocycles. The summed E-state index contributed by atoms with van der Waals surface area (Å²) in [6, 6.07) is 20.8. The van der Waals surface area contributed by atoms with Gasteiger partial charge >= 0.3 is 0 Å². The number of hydrogen-bond donors (Lipinski definition) is 5. The number of hydrogen-bond acceptors (Lipinski definition) is 7. The van der Waals surface area contributed by atoms with E-state index in [1.165, 1.54) is 6.92 Å². The van der Waals surface area contributed by atoms with Crippen LogP contribution in [0.1, 0.15) is 12.5 Å². The van der Waals surface area contributed by atoms with Gasteiger partial charge in [0.15, 0.2) is 5.82 Å². The fourth-order valence-corrected chi connectivity index (χ4v) is 3.20. The van der Waals surface area contributed by atoms with Crippen LogP contribution in [0, 0.1) is 0 Å². The van der Waals surface area contributed by atoms with Gasteiger partial charge < -0.3 is 26.4 Å². The topological polar surface area (TPSA) is 128 Å². The van der Waals surface area contributed by atoms with Crippen molar-refractivity contribution < 1.29 is 14.7 Å². The van der Waals surface area contributed by atoms with Crippen LogP contribution in [0.25, 0.3) is 11.4 Å². The van der Waals surface area contributed by atoms with E-state index in [0.717, 1.165) is 11.1 Å². The molecular weight excluding hydrogens is 432 g/mol. The van der Waals surface area contributed by atoms with Crippen LogP contribution in [-0.2, 0) is 16.0 Å². The van der Waals surface area contributed by atoms with Gasteiger partial charge in [0.25, 0.3) is 0 Å². The summed E-state index contributed by atoms with van der Waals surface area (Å²) in [6.45, 7) is 3.19. The van der Waals surface area contributed by atoms with Gasteiger partial charge in [-0.05, 0) is 5.56 Å². The fraction of sp³-hybridized carbons (Fsp3) is 0.280. The summed E-state index contributed by atoms with van der Waals surface area (Å²) in [6.07, 6.45) is -0.842. The lowest BCUT2D eigenvalue weighted by Gasteiger charge is -2.14. The molecule has 0 aliphatic rings. The Morgan fingerprint density at radius 3 is 1.97 bits per heavy atom. The number of rotatable bonds is 12. The zero-order chi connectivity index (χ0) is 24.2. The van der Waals surface area contributed by atoms with Crippen molar-refractivity contribution in [2.45, 2.75) is 19.4 Å². The van der Waals surface area contributed by atoms with Crippen LogP contribution in [0.2, 0.25) is 0 Å². The summed E-state index contributed by atoms with van der Waals surface area (Å²) in [5, 5.41) is 22.0. The summed E-state index contributed by atoms with van der Waals surface area (Å²) in [5.74, 6) is 1.25. The number of nitrogens with zero attached hydrogens (tertiary/aromatic N) is 2. The zero-order valence-corrected chi connectivity index (χ0v) is 19.1. The lowest BCUT2D eigenvalue weighted by Crippen LogP contribution is -2.38. The van der Waals surface area contributed by atoms with E-state index >= 15 is 0 Å². The number of aliphatic hydroxyl groups is 1.